The number of hydrogen-bond donors (Lipinski definition) is 0. The molecule has 1 aliphatic rings. The van der Waals surface area contributed by atoms with E-state index in [-0.39, 0.29) is 29.6 Å². The first kappa shape index (κ1) is 24.0. The van der Waals surface area contributed by atoms with Gasteiger partial charge in [-0.1, -0.05) is 35.9 Å². The first-order chi connectivity index (χ1) is 16.8. The van der Waals surface area contributed by atoms with Crippen LogP contribution in [0.25, 0.3) is 0 Å². The Balaban J connectivity index is 1.55. The van der Waals surface area contributed by atoms with Crippen molar-refractivity contribution in [1.29, 1.82) is 0 Å². The Labute approximate surface area is 209 Å². The molecule has 0 aliphatic carbocycles. The van der Waals surface area contributed by atoms with E-state index in [0.717, 1.165) is 9.80 Å². The van der Waals surface area contributed by atoms with Crippen molar-refractivity contribution in [3.8, 4) is 0 Å². The fraction of sp³-hybridized carbons (Fsp3) is 0.0833. The molecule has 0 radical (unpaired) electrons. The first-order valence-electron chi connectivity index (χ1n) is 10.2. The third-order valence-corrected chi connectivity index (χ3v) is 5.77. The number of hydrogen-bond acceptors (Lipinski definition) is 7. The molecule has 176 valence electrons. The zero-order chi connectivity index (χ0) is 25.1. The van der Waals surface area contributed by atoms with E-state index in [1.54, 1.807) is 24.3 Å². The van der Waals surface area contributed by atoms with E-state index in [9.17, 15) is 24.5 Å². The standard InChI is InChI=1S/C24H16ClN3O6S/c25-15-9-11-16(12-10-15)27(23(31)19-7-3-4-8-20(19)28(32)33)24(35)34-14-13-26-21(29)17-5-1-2-6-18(17)22(26)30/h1-12H,13-14H2. The predicted octanol–water partition coefficient (Wildman–Crippen LogP) is 4.49. The van der Waals surface area contributed by atoms with Gasteiger partial charge in [0.1, 0.15) is 12.2 Å². The number of carbonyl (C=O) groups is 3. The topological polar surface area (TPSA) is 110 Å². The number of ether oxygens (including phenoxy) is 1. The van der Waals surface area contributed by atoms with Crippen molar-refractivity contribution in [2.24, 2.45) is 0 Å². The lowest BCUT2D eigenvalue weighted by Gasteiger charge is -2.24. The zero-order valence-electron chi connectivity index (χ0n) is 17.9. The second-order valence-corrected chi connectivity index (χ2v) is 8.10. The number of imide groups is 1. The highest BCUT2D eigenvalue weighted by Gasteiger charge is 2.35. The summed E-state index contributed by atoms with van der Waals surface area (Å²) in [5, 5.41) is 11.6. The molecule has 0 saturated carbocycles. The molecular formula is C24H16ClN3O6S. The molecule has 4 rings (SSSR count). The smallest absolute Gasteiger partial charge is 0.282 e. The van der Waals surface area contributed by atoms with Crippen LogP contribution in [0.2, 0.25) is 5.02 Å². The van der Waals surface area contributed by atoms with Crippen molar-refractivity contribution < 1.29 is 24.0 Å². The molecule has 0 spiro atoms. The van der Waals surface area contributed by atoms with Crippen LogP contribution in [0.4, 0.5) is 11.4 Å². The molecule has 9 nitrogen and oxygen atoms in total. The largest absolute Gasteiger partial charge is 0.468 e. The van der Waals surface area contributed by atoms with Gasteiger partial charge < -0.3 is 4.74 Å². The van der Waals surface area contributed by atoms with Crippen molar-refractivity contribution >= 4 is 58.1 Å². The van der Waals surface area contributed by atoms with Crippen LogP contribution in [0.3, 0.4) is 0 Å². The molecule has 3 amide bonds. The number of thiocarbonyl (C=S) groups is 1. The number of benzene rings is 3. The van der Waals surface area contributed by atoms with Crippen LogP contribution in [-0.2, 0) is 4.74 Å². The van der Waals surface area contributed by atoms with Crippen LogP contribution >= 0.6 is 23.8 Å². The summed E-state index contributed by atoms with van der Waals surface area (Å²) in [6.07, 6.45) is 0. The maximum atomic E-state index is 13.4. The van der Waals surface area contributed by atoms with Crippen molar-refractivity contribution in [2.45, 2.75) is 0 Å². The van der Waals surface area contributed by atoms with Crippen molar-refractivity contribution in [2.75, 3.05) is 18.1 Å². The normalized spacial score (nSPS) is 12.3. The molecule has 35 heavy (non-hydrogen) atoms. The van der Waals surface area contributed by atoms with E-state index in [2.05, 4.69) is 0 Å². The van der Waals surface area contributed by atoms with Gasteiger partial charge in [0.25, 0.3) is 28.6 Å². The number of halogens is 1. The summed E-state index contributed by atoms with van der Waals surface area (Å²) in [4.78, 5) is 51.3. The number of nitrogens with zero attached hydrogens (tertiary/aromatic N) is 3. The number of rotatable bonds is 6. The van der Waals surface area contributed by atoms with E-state index in [1.165, 1.54) is 48.5 Å². The van der Waals surface area contributed by atoms with Crippen LogP contribution in [0.5, 0.6) is 0 Å². The minimum atomic E-state index is -0.787. The van der Waals surface area contributed by atoms with E-state index in [4.69, 9.17) is 28.6 Å². The molecule has 0 unspecified atom stereocenters. The summed E-state index contributed by atoms with van der Waals surface area (Å²) in [6.45, 7) is -0.306. The molecule has 0 saturated heterocycles. The minimum Gasteiger partial charge on any atom is -0.468 e. The van der Waals surface area contributed by atoms with Crippen molar-refractivity contribution in [3.05, 3.63) is 105 Å². The summed E-state index contributed by atoms with van der Waals surface area (Å²) in [5.74, 6) is -1.69. The van der Waals surface area contributed by atoms with Gasteiger partial charge >= 0.3 is 0 Å². The lowest BCUT2D eigenvalue weighted by atomic mass is 10.1. The Bertz CT molecular complexity index is 1330. The van der Waals surface area contributed by atoms with Gasteiger partial charge in [-0.2, -0.15) is 0 Å². The minimum absolute atomic E-state index is 0.110. The highest BCUT2D eigenvalue weighted by molar-refractivity contribution is 7.80. The van der Waals surface area contributed by atoms with E-state index < -0.39 is 28.3 Å². The van der Waals surface area contributed by atoms with Crippen molar-refractivity contribution in [1.82, 2.24) is 4.90 Å². The molecule has 1 heterocycles. The average molecular weight is 510 g/mol. The average Bonchev–Trinajstić information content (AvgIpc) is 3.10. The van der Waals surface area contributed by atoms with Crippen LogP contribution in [0.15, 0.2) is 72.8 Å². The molecule has 3 aromatic rings. The first-order valence-corrected chi connectivity index (χ1v) is 11.0. The summed E-state index contributed by atoms with van der Waals surface area (Å²) < 4.78 is 5.58. The fourth-order valence-corrected chi connectivity index (χ4v) is 3.96. The van der Waals surface area contributed by atoms with Crippen LogP contribution < -0.4 is 4.90 Å². The second kappa shape index (κ2) is 10.00. The Kier molecular flexibility index (Phi) is 6.85. The van der Waals surface area contributed by atoms with Gasteiger partial charge in [-0.3, -0.25) is 29.4 Å². The molecule has 11 heteroatoms. The summed E-state index contributed by atoms with van der Waals surface area (Å²) in [6, 6.07) is 18.0. The van der Waals surface area contributed by atoms with Gasteiger partial charge in [0.2, 0.25) is 0 Å². The van der Waals surface area contributed by atoms with E-state index in [0.29, 0.717) is 16.1 Å². The molecule has 1 aliphatic heterocycles. The molecule has 0 fully saturated rings. The summed E-state index contributed by atoms with van der Waals surface area (Å²) in [7, 11) is 0. The highest BCUT2D eigenvalue weighted by Crippen LogP contribution is 2.26. The molecule has 3 aromatic carbocycles. The van der Waals surface area contributed by atoms with E-state index in [1.807, 2.05) is 0 Å². The van der Waals surface area contributed by atoms with Gasteiger partial charge in [0.05, 0.1) is 28.3 Å². The number of amides is 3. The maximum absolute atomic E-state index is 13.4. The Morgan fingerprint density at radius 3 is 2.14 bits per heavy atom. The van der Waals surface area contributed by atoms with Crippen LogP contribution in [0, 0.1) is 10.1 Å². The number of nitro groups is 1. The lowest BCUT2D eigenvalue weighted by molar-refractivity contribution is -0.385. The maximum Gasteiger partial charge on any atom is 0.282 e. The molecule has 0 aromatic heterocycles. The van der Waals surface area contributed by atoms with Gasteiger partial charge in [-0.05, 0) is 54.7 Å². The molecule has 0 N–H and O–H groups in total. The lowest BCUT2D eigenvalue weighted by Crippen LogP contribution is -2.40. The third kappa shape index (κ3) is 4.75. The van der Waals surface area contributed by atoms with E-state index >= 15 is 0 Å². The molecular weight excluding hydrogens is 494 g/mol. The fourth-order valence-electron chi connectivity index (χ4n) is 3.56. The monoisotopic (exact) mass is 509 g/mol. The summed E-state index contributed by atoms with van der Waals surface area (Å²) in [5.41, 5.74) is 0.274. The van der Waals surface area contributed by atoms with Gasteiger partial charge in [0, 0.05) is 11.1 Å². The highest BCUT2D eigenvalue weighted by atomic mass is 35.5. The van der Waals surface area contributed by atoms with Gasteiger partial charge in [-0.15, -0.1) is 0 Å². The Morgan fingerprint density at radius 2 is 1.54 bits per heavy atom. The number of fused-ring (bicyclic) bond motifs is 1. The predicted molar refractivity (Wildman–Crippen MR) is 132 cm³/mol. The van der Waals surface area contributed by atoms with Crippen molar-refractivity contribution in [3.63, 3.8) is 0 Å². The molecule has 0 bridgehead atoms. The number of para-hydroxylation sites is 1. The summed E-state index contributed by atoms with van der Waals surface area (Å²) >= 11 is 11.3. The van der Waals surface area contributed by atoms with Crippen LogP contribution in [-0.4, -0.2) is 45.9 Å². The third-order valence-electron chi connectivity index (χ3n) is 5.22. The second-order valence-electron chi connectivity index (χ2n) is 7.31. The van der Waals surface area contributed by atoms with Gasteiger partial charge in [-0.25, -0.2) is 4.90 Å². The molecule has 0 atom stereocenters. The zero-order valence-corrected chi connectivity index (χ0v) is 19.5. The number of nitro benzene ring substituents is 1. The number of carbonyl (C=O) groups excluding carboxylic acids is 3. The quantitative estimate of drug-likeness (QED) is 0.208. The Hall–Kier alpha value is -4.15. The SMILES string of the molecule is O=C1c2ccccc2C(=O)N1CCOC(=S)N(C(=O)c1ccccc1[N+](=O)[O-])c1ccc(Cl)cc1. The Morgan fingerprint density at radius 1 is 0.971 bits per heavy atom. The number of anilines is 1. The van der Waals surface area contributed by atoms with Gasteiger partial charge in [0.15, 0.2) is 0 Å². The van der Waals surface area contributed by atoms with Crippen LogP contribution in [0.1, 0.15) is 31.1 Å².